The number of hydrogen-bond donors (Lipinski definition) is 2. The molecule has 0 atom stereocenters. The van der Waals surface area contributed by atoms with Crippen LogP contribution in [0.25, 0.3) is 0 Å². The van der Waals surface area contributed by atoms with E-state index in [-0.39, 0.29) is 5.95 Å². The van der Waals surface area contributed by atoms with Crippen molar-refractivity contribution in [2.24, 2.45) is 0 Å². The minimum Gasteiger partial charge on any atom is -0.493 e. The van der Waals surface area contributed by atoms with Crippen LogP contribution in [0.15, 0.2) is 12.1 Å². The molecule has 0 spiro atoms. The average molecular weight is 330 g/mol. The third kappa shape index (κ3) is 3.53. The van der Waals surface area contributed by atoms with E-state index in [9.17, 15) is 0 Å². The van der Waals surface area contributed by atoms with Gasteiger partial charge in [0.25, 0.3) is 0 Å². The van der Waals surface area contributed by atoms with Crippen LogP contribution in [0.4, 0.5) is 11.8 Å². The number of ether oxygens (including phenoxy) is 2. The average Bonchev–Trinajstić information content (AvgIpc) is 2.55. The summed E-state index contributed by atoms with van der Waals surface area (Å²) in [5.74, 6) is 2.40. The van der Waals surface area contributed by atoms with Gasteiger partial charge < -0.3 is 20.9 Å². The van der Waals surface area contributed by atoms with E-state index >= 15 is 0 Å². The molecule has 0 aliphatic rings. The van der Waals surface area contributed by atoms with Gasteiger partial charge in [-0.05, 0) is 35.6 Å². The van der Waals surface area contributed by atoms with Crippen LogP contribution in [0.5, 0.6) is 11.5 Å². The minimum atomic E-state index is 0.212. The normalized spacial score (nSPS) is 10.9. The quantitative estimate of drug-likeness (QED) is 0.845. The molecule has 1 aromatic carbocycles. The van der Waals surface area contributed by atoms with E-state index in [1.54, 1.807) is 14.2 Å². The van der Waals surface area contributed by atoms with Crippen LogP contribution in [0.1, 0.15) is 49.1 Å². The van der Waals surface area contributed by atoms with Gasteiger partial charge in [-0.2, -0.15) is 4.98 Å². The second-order valence-corrected chi connectivity index (χ2v) is 5.98. The van der Waals surface area contributed by atoms with Crippen molar-refractivity contribution < 1.29 is 9.47 Å². The first-order valence-electron chi connectivity index (χ1n) is 8.06. The number of nitrogen functional groups attached to an aromatic ring is 2. The summed E-state index contributed by atoms with van der Waals surface area (Å²) < 4.78 is 10.9. The molecule has 0 aliphatic carbocycles. The number of aryl methyl sites for hydroxylation is 1. The number of nitrogens with two attached hydrogens (primary N) is 2. The van der Waals surface area contributed by atoms with Gasteiger partial charge in [-0.25, -0.2) is 4.98 Å². The van der Waals surface area contributed by atoms with Gasteiger partial charge in [0.2, 0.25) is 5.95 Å². The molecule has 0 bridgehead atoms. The highest BCUT2D eigenvalue weighted by molar-refractivity contribution is 5.53. The molecular formula is C18H26N4O2. The first kappa shape index (κ1) is 17.8. The fourth-order valence-electron chi connectivity index (χ4n) is 2.87. The Morgan fingerprint density at radius 2 is 1.67 bits per heavy atom. The Kier molecular flexibility index (Phi) is 5.49. The lowest BCUT2D eigenvalue weighted by molar-refractivity contribution is 0.354. The summed E-state index contributed by atoms with van der Waals surface area (Å²) in [4.78, 5) is 8.45. The number of hydrogen-bond acceptors (Lipinski definition) is 6. The molecule has 24 heavy (non-hydrogen) atoms. The van der Waals surface area contributed by atoms with Crippen LogP contribution in [-0.2, 0) is 12.8 Å². The molecule has 0 saturated carbocycles. The summed E-state index contributed by atoms with van der Waals surface area (Å²) in [6, 6.07) is 4.03. The zero-order chi connectivity index (χ0) is 17.9. The molecule has 1 aromatic heterocycles. The summed E-state index contributed by atoms with van der Waals surface area (Å²) in [7, 11) is 3.28. The second kappa shape index (κ2) is 7.38. The number of rotatable bonds is 6. The van der Waals surface area contributed by atoms with Crippen LogP contribution in [-0.4, -0.2) is 24.2 Å². The Hall–Kier alpha value is -2.50. The van der Waals surface area contributed by atoms with Gasteiger partial charge in [0.05, 0.1) is 19.9 Å². The van der Waals surface area contributed by atoms with E-state index in [1.807, 2.05) is 19.1 Å². The van der Waals surface area contributed by atoms with Gasteiger partial charge in [-0.15, -0.1) is 0 Å². The SMILES string of the molecule is CCc1nc(N)nc(N)c1Cc1cc(OC)c(OC)cc1C(C)C. The molecule has 0 unspecified atom stereocenters. The lowest BCUT2D eigenvalue weighted by Crippen LogP contribution is -2.10. The largest absolute Gasteiger partial charge is 0.493 e. The summed E-state index contributed by atoms with van der Waals surface area (Å²) >= 11 is 0. The number of benzene rings is 1. The highest BCUT2D eigenvalue weighted by Crippen LogP contribution is 2.35. The van der Waals surface area contributed by atoms with Crippen molar-refractivity contribution in [2.45, 2.75) is 39.5 Å². The Balaban J connectivity index is 2.57. The van der Waals surface area contributed by atoms with E-state index in [1.165, 1.54) is 5.56 Å². The van der Waals surface area contributed by atoms with Gasteiger partial charge in [0.1, 0.15) is 5.82 Å². The molecular weight excluding hydrogens is 304 g/mol. The number of anilines is 2. The number of methoxy groups -OCH3 is 2. The Morgan fingerprint density at radius 3 is 2.21 bits per heavy atom. The lowest BCUT2D eigenvalue weighted by atomic mass is 9.91. The van der Waals surface area contributed by atoms with Crippen LogP contribution < -0.4 is 20.9 Å². The fourth-order valence-corrected chi connectivity index (χ4v) is 2.87. The molecule has 2 rings (SSSR count). The van der Waals surface area contributed by atoms with Gasteiger partial charge in [0.15, 0.2) is 11.5 Å². The molecule has 0 saturated heterocycles. The van der Waals surface area contributed by atoms with Gasteiger partial charge in [-0.3, -0.25) is 0 Å². The molecule has 4 N–H and O–H groups in total. The van der Waals surface area contributed by atoms with E-state index in [4.69, 9.17) is 20.9 Å². The van der Waals surface area contributed by atoms with Crippen LogP contribution in [0, 0.1) is 0 Å². The maximum absolute atomic E-state index is 6.11. The second-order valence-electron chi connectivity index (χ2n) is 5.98. The predicted molar refractivity (Wildman–Crippen MR) is 96.7 cm³/mol. The molecule has 130 valence electrons. The van der Waals surface area contributed by atoms with Gasteiger partial charge in [0, 0.05) is 12.0 Å². The molecule has 6 heteroatoms. The Morgan fingerprint density at radius 1 is 1.04 bits per heavy atom. The van der Waals surface area contributed by atoms with Gasteiger partial charge in [-0.1, -0.05) is 20.8 Å². The van der Waals surface area contributed by atoms with E-state index in [2.05, 4.69) is 23.8 Å². The first-order valence-corrected chi connectivity index (χ1v) is 8.06. The smallest absolute Gasteiger partial charge is 0.222 e. The molecule has 0 aliphatic heterocycles. The van der Waals surface area contributed by atoms with Crippen molar-refractivity contribution in [3.8, 4) is 11.5 Å². The third-order valence-electron chi connectivity index (χ3n) is 4.11. The van der Waals surface area contributed by atoms with Gasteiger partial charge >= 0.3 is 0 Å². The highest BCUT2D eigenvalue weighted by atomic mass is 16.5. The van der Waals surface area contributed by atoms with Crippen molar-refractivity contribution in [1.29, 1.82) is 0 Å². The molecule has 0 amide bonds. The molecule has 2 aromatic rings. The van der Waals surface area contributed by atoms with Crippen molar-refractivity contribution >= 4 is 11.8 Å². The highest BCUT2D eigenvalue weighted by Gasteiger charge is 2.17. The van der Waals surface area contributed by atoms with Crippen molar-refractivity contribution in [2.75, 3.05) is 25.7 Å². The standard InChI is InChI=1S/C18H26N4O2/c1-6-14-13(17(19)22-18(20)21-14)7-11-8-15(23-4)16(24-5)9-12(11)10(2)3/h8-10H,6-7H2,1-5H3,(H4,19,20,21,22). The number of aromatic nitrogens is 2. The fraction of sp³-hybridized carbons (Fsp3) is 0.444. The molecule has 0 fully saturated rings. The van der Waals surface area contributed by atoms with Crippen LogP contribution in [0.2, 0.25) is 0 Å². The summed E-state index contributed by atoms with van der Waals surface area (Å²) in [6.07, 6.45) is 1.37. The van der Waals surface area contributed by atoms with E-state index < -0.39 is 0 Å². The predicted octanol–water partition coefficient (Wildman–Crippen LogP) is 2.93. The first-order chi connectivity index (χ1) is 11.4. The molecule has 1 heterocycles. The van der Waals surface area contributed by atoms with Crippen LogP contribution in [0.3, 0.4) is 0 Å². The third-order valence-corrected chi connectivity index (χ3v) is 4.11. The molecule has 0 radical (unpaired) electrons. The Labute approximate surface area is 143 Å². The molecule has 6 nitrogen and oxygen atoms in total. The van der Waals surface area contributed by atoms with E-state index in [0.29, 0.717) is 23.9 Å². The monoisotopic (exact) mass is 330 g/mol. The summed E-state index contributed by atoms with van der Waals surface area (Å²) in [5.41, 5.74) is 15.9. The van der Waals surface area contributed by atoms with Crippen molar-refractivity contribution in [3.63, 3.8) is 0 Å². The zero-order valence-electron chi connectivity index (χ0n) is 15.0. The topological polar surface area (TPSA) is 96.3 Å². The number of nitrogens with zero attached hydrogens (tertiary/aromatic N) is 2. The van der Waals surface area contributed by atoms with Crippen molar-refractivity contribution in [1.82, 2.24) is 9.97 Å². The Bertz CT molecular complexity index is 729. The maximum Gasteiger partial charge on any atom is 0.222 e. The van der Waals surface area contributed by atoms with E-state index in [0.717, 1.165) is 29.0 Å². The minimum absolute atomic E-state index is 0.212. The van der Waals surface area contributed by atoms with Crippen LogP contribution >= 0.6 is 0 Å². The summed E-state index contributed by atoms with van der Waals surface area (Å²) in [5, 5.41) is 0. The lowest BCUT2D eigenvalue weighted by Gasteiger charge is -2.19. The maximum atomic E-state index is 6.11. The summed E-state index contributed by atoms with van der Waals surface area (Å²) in [6.45, 7) is 6.32. The van der Waals surface area contributed by atoms with Crippen molar-refractivity contribution in [3.05, 3.63) is 34.5 Å². The zero-order valence-corrected chi connectivity index (χ0v) is 15.0.